The van der Waals surface area contributed by atoms with Crippen molar-refractivity contribution in [3.8, 4) is 0 Å². The molecule has 0 saturated heterocycles. The predicted octanol–water partition coefficient (Wildman–Crippen LogP) is 4.88. The summed E-state index contributed by atoms with van der Waals surface area (Å²) < 4.78 is 5.50. The Morgan fingerprint density at radius 2 is 2.00 bits per heavy atom. The molecule has 2 nitrogen and oxygen atoms in total. The normalized spacial score (nSPS) is 12.8. The fourth-order valence-electron chi connectivity index (χ4n) is 2.76. The summed E-state index contributed by atoms with van der Waals surface area (Å²) in [6.45, 7) is 9.76. The predicted molar refractivity (Wildman–Crippen MR) is 88.6 cm³/mol. The van der Waals surface area contributed by atoms with Crippen LogP contribution in [0.4, 0.5) is 0 Å². The second-order valence-electron chi connectivity index (χ2n) is 6.16. The Hall–Kier alpha value is -1.54. The molecule has 0 spiro atoms. The molecule has 0 aliphatic carbocycles. The average molecular weight is 285 g/mol. The molecular formula is C19H27NO. The van der Waals surface area contributed by atoms with Gasteiger partial charge in [0, 0.05) is 5.56 Å². The van der Waals surface area contributed by atoms with Crippen LogP contribution in [-0.4, -0.2) is 6.54 Å². The number of furan rings is 1. The fourth-order valence-corrected chi connectivity index (χ4v) is 2.76. The summed E-state index contributed by atoms with van der Waals surface area (Å²) >= 11 is 0. The lowest BCUT2D eigenvalue weighted by Crippen LogP contribution is -2.23. The average Bonchev–Trinajstić information content (AvgIpc) is 2.85. The SMILES string of the molecule is CCCNC(c1cccc(CC(C)C)c1)c1ccoc1C. The zero-order valence-corrected chi connectivity index (χ0v) is 13.6. The standard InChI is InChI=1S/C19H27NO/c1-5-10-20-19(18-9-11-21-15(18)4)17-8-6-7-16(13-17)12-14(2)3/h6-9,11,13-14,19-20H,5,10,12H2,1-4H3. The Morgan fingerprint density at radius 1 is 1.19 bits per heavy atom. The van der Waals surface area contributed by atoms with Crippen molar-refractivity contribution in [1.82, 2.24) is 5.32 Å². The van der Waals surface area contributed by atoms with Crippen LogP contribution in [0.5, 0.6) is 0 Å². The third kappa shape index (κ3) is 4.21. The molecule has 2 aromatic rings. The van der Waals surface area contributed by atoms with Gasteiger partial charge in [0.25, 0.3) is 0 Å². The van der Waals surface area contributed by atoms with Gasteiger partial charge in [0.05, 0.1) is 12.3 Å². The Kier molecular flexibility index (Phi) is 5.63. The smallest absolute Gasteiger partial charge is 0.105 e. The lowest BCUT2D eigenvalue weighted by molar-refractivity contribution is 0.517. The number of rotatable bonds is 7. The van der Waals surface area contributed by atoms with E-state index in [0.717, 1.165) is 25.1 Å². The van der Waals surface area contributed by atoms with Gasteiger partial charge in [0.1, 0.15) is 5.76 Å². The van der Waals surface area contributed by atoms with Crippen LogP contribution in [0, 0.1) is 12.8 Å². The van der Waals surface area contributed by atoms with Crippen LogP contribution >= 0.6 is 0 Å². The highest BCUT2D eigenvalue weighted by atomic mass is 16.3. The maximum Gasteiger partial charge on any atom is 0.105 e. The van der Waals surface area contributed by atoms with Gasteiger partial charge in [-0.3, -0.25) is 0 Å². The lowest BCUT2D eigenvalue weighted by Gasteiger charge is -2.20. The minimum Gasteiger partial charge on any atom is -0.469 e. The van der Waals surface area contributed by atoms with Gasteiger partial charge >= 0.3 is 0 Å². The monoisotopic (exact) mass is 285 g/mol. The van der Waals surface area contributed by atoms with E-state index >= 15 is 0 Å². The summed E-state index contributed by atoms with van der Waals surface area (Å²) in [5.41, 5.74) is 3.98. The highest BCUT2D eigenvalue weighted by molar-refractivity contribution is 5.35. The first-order valence-corrected chi connectivity index (χ1v) is 7.98. The molecule has 0 fully saturated rings. The van der Waals surface area contributed by atoms with Crippen molar-refractivity contribution in [3.63, 3.8) is 0 Å². The molecule has 1 heterocycles. The largest absolute Gasteiger partial charge is 0.469 e. The van der Waals surface area contributed by atoms with E-state index in [9.17, 15) is 0 Å². The van der Waals surface area contributed by atoms with Crippen LogP contribution in [0.3, 0.4) is 0 Å². The molecule has 114 valence electrons. The molecule has 2 heteroatoms. The van der Waals surface area contributed by atoms with E-state index < -0.39 is 0 Å². The van der Waals surface area contributed by atoms with E-state index in [0.29, 0.717) is 5.92 Å². The molecule has 0 saturated carbocycles. The van der Waals surface area contributed by atoms with Crippen molar-refractivity contribution < 1.29 is 4.42 Å². The summed E-state index contributed by atoms with van der Waals surface area (Å²) in [6, 6.07) is 11.2. The second kappa shape index (κ2) is 7.46. The molecule has 1 atom stereocenters. The fraction of sp³-hybridized carbons (Fsp3) is 0.474. The molecule has 21 heavy (non-hydrogen) atoms. The Morgan fingerprint density at radius 3 is 2.62 bits per heavy atom. The highest BCUT2D eigenvalue weighted by Gasteiger charge is 2.17. The van der Waals surface area contributed by atoms with Gasteiger partial charge in [-0.1, -0.05) is 45.0 Å². The summed E-state index contributed by atoms with van der Waals surface area (Å²) in [5, 5.41) is 3.65. The summed E-state index contributed by atoms with van der Waals surface area (Å²) in [7, 11) is 0. The zero-order chi connectivity index (χ0) is 15.2. The van der Waals surface area contributed by atoms with Gasteiger partial charge in [-0.05, 0) is 49.4 Å². The number of aryl methyl sites for hydroxylation is 1. The minimum atomic E-state index is 0.218. The maximum atomic E-state index is 5.50. The van der Waals surface area contributed by atoms with Crippen molar-refractivity contribution in [2.24, 2.45) is 5.92 Å². The molecule has 0 bridgehead atoms. The van der Waals surface area contributed by atoms with Crippen molar-refractivity contribution in [3.05, 3.63) is 59.0 Å². The first kappa shape index (κ1) is 15.8. The van der Waals surface area contributed by atoms with Gasteiger partial charge in [-0.25, -0.2) is 0 Å². The Balaban J connectivity index is 2.30. The molecule has 0 aliphatic rings. The minimum absolute atomic E-state index is 0.218. The van der Waals surface area contributed by atoms with Crippen LogP contribution in [0.15, 0.2) is 41.0 Å². The quantitative estimate of drug-likeness (QED) is 0.784. The molecule has 1 aromatic heterocycles. The van der Waals surface area contributed by atoms with E-state index in [1.165, 1.54) is 16.7 Å². The van der Waals surface area contributed by atoms with E-state index in [1.807, 2.05) is 6.92 Å². The van der Waals surface area contributed by atoms with Crippen LogP contribution in [0.25, 0.3) is 0 Å². The van der Waals surface area contributed by atoms with E-state index in [-0.39, 0.29) is 6.04 Å². The topological polar surface area (TPSA) is 25.2 Å². The molecule has 2 rings (SSSR count). The van der Waals surface area contributed by atoms with Gasteiger partial charge in [-0.15, -0.1) is 0 Å². The van der Waals surface area contributed by atoms with Gasteiger partial charge in [0.2, 0.25) is 0 Å². The number of hydrogen-bond acceptors (Lipinski definition) is 2. The van der Waals surface area contributed by atoms with Crippen LogP contribution in [0.2, 0.25) is 0 Å². The van der Waals surface area contributed by atoms with Crippen molar-refractivity contribution in [1.29, 1.82) is 0 Å². The molecule has 0 amide bonds. The maximum absolute atomic E-state index is 5.50. The number of nitrogens with one attached hydrogen (secondary N) is 1. The van der Waals surface area contributed by atoms with Crippen LogP contribution < -0.4 is 5.32 Å². The van der Waals surface area contributed by atoms with Crippen molar-refractivity contribution in [2.75, 3.05) is 6.54 Å². The number of hydrogen-bond donors (Lipinski definition) is 1. The molecule has 1 unspecified atom stereocenters. The van der Waals surface area contributed by atoms with E-state index in [2.05, 4.69) is 56.4 Å². The zero-order valence-electron chi connectivity index (χ0n) is 13.6. The summed E-state index contributed by atoms with van der Waals surface area (Å²) in [6.07, 6.45) is 4.03. The van der Waals surface area contributed by atoms with Gasteiger partial charge in [0.15, 0.2) is 0 Å². The van der Waals surface area contributed by atoms with E-state index in [4.69, 9.17) is 4.42 Å². The Labute approximate surface area is 128 Å². The van der Waals surface area contributed by atoms with Crippen LogP contribution in [0.1, 0.15) is 55.7 Å². The lowest BCUT2D eigenvalue weighted by atomic mass is 9.94. The Bertz CT molecular complexity index is 556. The van der Waals surface area contributed by atoms with Crippen molar-refractivity contribution >= 4 is 0 Å². The van der Waals surface area contributed by atoms with Gasteiger partial charge in [-0.2, -0.15) is 0 Å². The molecule has 0 aliphatic heterocycles. The van der Waals surface area contributed by atoms with Crippen LogP contribution in [-0.2, 0) is 6.42 Å². The first-order chi connectivity index (χ1) is 10.1. The second-order valence-corrected chi connectivity index (χ2v) is 6.16. The first-order valence-electron chi connectivity index (χ1n) is 7.98. The molecular weight excluding hydrogens is 258 g/mol. The van der Waals surface area contributed by atoms with Gasteiger partial charge < -0.3 is 9.73 Å². The summed E-state index contributed by atoms with van der Waals surface area (Å²) in [4.78, 5) is 0. The highest BCUT2D eigenvalue weighted by Crippen LogP contribution is 2.27. The number of benzene rings is 1. The van der Waals surface area contributed by atoms with E-state index in [1.54, 1.807) is 6.26 Å². The molecule has 1 aromatic carbocycles. The third-order valence-corrected chi connectivity index (χ3v) is 3.74. The van der Waals surface area contributed by atoms with Crippen molar-refractivity contribution in [2.45, 2.75) is 46.6 Å². The summed E-state index contributed by atoms with van der Waals surface area (Å²) in [5.74, 6) is 1.68. The third-order valence-electron chi connectivity index (χ3n) is 3.74. The molecule has 0 radical (unpaired) electrons. The molecule has 1 N–H and O–H groups in total.